The van der Waals surface area contributed by atoms with E-state index in [0.29, 0.717) is 66.3 Å². The number of piperidine rings is 2. The minimum atomic E-state index is -2.95. The minimum absolute atomic E-state index is 0.0319. The smallest absolute Gasteiger partial charge is 0.266 e. The Balaban J connectivity index is 1.67. The van der Waals surface area contributed by atoms with Crippen molar-refractivity contribution in [2.45, 2.75) is 77.6 Å². The first-order valence-corrected chi connectivity index (χ1v) is 16.0. The lowest BCUT2D eigenvalue weighted by Gasteiger charge is -2.41. The Bertz CT molecular complexity index is 1650. The van der Waals surface area contributed by atoms with E-state index in [0.717, 1.165) is 32.0 Å². The minimum Gasteiger partial charge on any atom is -0.486 e. The van der Waals surface area contributed by atoms with Gasteiger partial charge in [-0.25, -0.2) is 18.2 Å². The largest absolute Gasteiger partial charge is 0.486 e. The highest BCUT2D eigenvalue weighted by Gasteiger charge is 2.41. The molecule has 2 aliphatic rings. The van der Waals surface area contributed by atoms with E-state index in [1.807, 2.05) is 6.92 Å². The van der Waals surface area contributed by atoms with Crippen molar-refractivity contribution in [3.05, 3.63) is 62.8 Å². The van der Waals surface area contributed by atoms with Crippen LogP contribution in [0, 0.1) is 12.7 Å². The highest BCUT2D eigenvalue weighted by molar-refractivity contribution is 5.95. The quantitative estimate of drug-likeness (QED) is 0.314. The van der Waals surface area contributed by atoms with Crippen molar-refractivity contribution in [2.75, 3.05) is 45.2 Å². The number of likely N-dealkylation sites (tertiary alicyclic amines) is 2. The molecule has 1 aromatic carbocycles. The number of aryl methyl sites for hydroxylation is 2. The van der Waals surface area contributed by atoms with Gasteiger partial charge in [-0.1, -0.05) is 18.2 Å². The van der Waals surface area contributed by atoms with Gasteiger partial charge in [0, 0.05) is 57.7 Å². The number of hydrogen-bond acceptors (Lipinski definition) is 7. The van der Waals surface area contributed by atoms with E-state index in [4.69, 9.17) is 14.5 Å². The van der Waals surface area contributed by atoms with Gasteiger partial charge >= 0.3 is 0 Å². The molecule has 1 amide bonds. The number of rotatable bonds is 9. The number of ether oxygens (including phenoxy) is 2. The SMILES string of the molecule is CCOC1(c2cc3c(N[C@H](C)c4cccc(C(F)F)c4F)nc(C)c(OC4CCN(C)CC4)c3n(C)c2=O)CCN(C(C)=O)CC1. The molecule has 4 heterocycles. The molecule has 9 nitrogen and oxygen atoms in total. The number of pyridine rings is 2. The molecule has 0 spiro atoms. The highest BCUT2D eigenvalue weighted by Crippen LogP contribution is 2.41. The standard InChI is InChI=1S/C34H44F3N5O4/c1-7-45-34(13-17-42(18-14-34)22(4)43)27-19-26-29(41(6)33(27)44)30(46-23-11-15-40(5)16-12-23)21(3)39-32(26)38-20(2)24-9-8-10-25(28(24)35)31(36)37/h8-10,19-20,23,31H,7,11-18H2,1-6H3,(H,38,39)/t20-/m1/s1. The Kier molecular flexibility index (Phi) is 9.97. The van der Waals surface area contributed by atoms with Gasteiger partial charge < -0.3 is 29.2 Å². The van der Waals surface area contributed by atoms with Crippen LogP contribution in [0.5, 0.6) is 5.75 Å². The second-order valence-corrected chi connectivity index (χ2v) is 12.5. The monoisotopic (exact) mass is 643 g/mol. The van der Waals surface area contributed by atoms with E-state index in [-0.39, 0.29) is 23.1 Å². The van der Waals surface area contributed by atoms with Gasteiger partial charge in [-0.15, -0.1) is 0 Å². The fourth-order valence-electron chi connectivity index (χ4n) is 6.79. The first kappa shape index (κ1) is 33.7. The zero-order valence-corrected chi connectivity index (χ0v) is 27.5. The molecule has 0 aliphatic carbocycles. The van der Waals surface area contributed by atoms with Crippen LogP contribution < -0.4 is 15.6 Å². The van der Waals surface area contributed by atoms with E-state index < -0.39 is 29.4 Å². The highest BCUT2D eigenvalue weighted by atomic mass is 19.3. The summed E-state index contributed by atoms with van der Waals surface area (Å²) in [6, 6.07) is 5.00. The maximum Gasteiger partial charge on any atom is 0.266 e. The number of amides is 1. The molecule has 2 fully saturated rings. The predicted molar refractivity (Wildman–Crippen MR) is 171 cm³/mol. The van der Waals surface area contributed by atoms with Crippen LogP contribution in [0.3, 0.4) is 0 Å². The molecule has 0 saturated carbocycles. The third kappa shape index (κ3) is 6.46. The summed E-state index contributed by atoms with van der Waals surface area (Å²) in [6.45, 7) is 9.89. The first-order chi connectivity index (χ1) is 21.9. The van der Waals surface area contributed by atoms with Gasteiger partial charge in [-0.3, -0.25) is 9.59 Å². The summed E-state index contributed by atoms with van der Waals surface area (Å²) in [5.74, 6) is -0.143. The summed E-state index contributed by atoms with van der Waals surface area (Å²) in [5, 5.41) is 3.83. The molecule has 0 radical (unpaired) electrons. The molecule has 2 aliphatic heterocycles. The Morgan fingerprint density at radius 3 is 2.39 bits per heavy atom. The van der Waals surface area contributed by atoms with E-state index in [1.54, 1.807) is 36.4 Å². The van der Waals surface area contributed by atoms with Crippen molar-refractivity contribution in [3.63, 3.8) is 0 Å². The number of halogens is 3. The van der Waals surface area contributed by atoms with Gasteiger partial charge in [0.05, 0.1) is 28.4 Å². The normalized spacial score (nSPS) is 18.3. The van der Waals surface area contributed by atoms with Crippen molar-refractivity contribution in [1.29, 1.82) is 0 Å². The summed E-state index contributed by atoms with van der Waals surface area (Å²) in [5.41, 5.74) is -0.267. The zero-order valence-electron chi connectivity index (χ0n) is 27.5. The number of hydrogen-bond donors (Lipinski definition) is 1. The van der Waals surface area contributed by atoms with Crippen LogP contribution >= 0.6 is 0 Å². The topological polar surface area (TPSA) is 88.9 Å². The molecule has 1 atom stereocenters. The lowest BCUT2D eigenvalue weighted by molar-refractivity contribution is -0.136. The Morgan fingerprint density at radius 1 is 1.13 bits per heavy atom. The van der Waals surface area contributed by atoms with Crippen molar-refractivity contribution >= 4 is 22.6 Å². The number of benzene rings is 1. The van der Waals surface area contributed by atoms with Crippen LogP contribution in [0.25, 0.3) is 10.9 Å². The predicted octanol–water partition coefficient (Wildman–Crippen LogP) is 5.84. The number of anilines is 1. The Hall–Kier alpha value is -3.64. The van der Waals surface area contributed by atoms with Crippen LogP contribution in [0.1, 0.15) is 81.3 Å². The van der Waals surface area contributed by atoms with E-state index in [1.165, 1.54) is 19.1 Å². The van der Waals surface area contributed by atoms with E-state index in [2.05, 4.69) is 17.3 Å². The number of nitrogens with one attached hydrogen (secondary N) is 1. The average Bonchev–Trinajstić information content (AvgIpc) is 3.01. The summed E-state index contributed by atoms with van der Waals surface area (Å²) in [6.07, 6.45) is -0.510. The van der Waals surface area contributed by atoms with Crippen molar-refractivity contribution < 1.29 is 27.4 Å². The summed E-state index contributed by atoms with van der Waals surface area (Å²) >= 11 is 0. The second kappa shape index (κ2) is 13.6. The maximum atomic E-state index is 15.2. The van der Waals surface area contributed by atoms with Crippen LogP contribution in [0.4, 0.5) is 19.0 Å². The number of aromatic nitrogens is 2. The number of nitrogens with zero attached hydrogens (tertiary/aromatic N) is 4. The molecule has 0 bridgehead atoms. The van der Waals surface area contributed by atoms with Crippen molar-refractivity contribution in [3.8, 4) is 5.75 Å². The van der Waals surface area contributed by atoms with Gasteiger partial charge in [-0.05, 0) is 59.6 Å². The second-order valence-electron chi connectivity index (χ2n) is 12.5. The summed E-state index contributed by atoms with van der Waals surface area (Å²) < 4.78 is 56.8. The van der Waals surface area contributed by atoms with Crippen molar-refractivity contribution in [1.82, 2.24) is 19.4 Å². The molecule has 3 aromatic rings. The molecular weight excluding hydrogens is 599 g/mol. The molecule has 12 heteroatoms. The van der Waals surface area contributed by atoms with Crippen LogP contribution in [0.15, 0.2) is 29.1 Å². The van der Waals surface area contributed by atoms with E-state index >= 15 is 4.39 Å². The van der Waals surface area contributed by atoms with Gasteiger partial charge in [-0.2, -0.15) is 0 Å². The van der Waals surface area contributed by atoms with Crippen molar-refractivity contribution in [2.24, 2.45) is 7.05 Å². The maximum absolute atomic E-state index is 15.2. The average molecular weight is 644 g/mol. The molecule has 250 valence electrons. The van der Waals surface area contributed by atoms with Gasteiger partial charge in [0.1, 0.15) is 23.3 Å². The molecule has 2 aromatic heterocycles. The number of fused-ring (bicyclic) bond motifs is 1. The molecular formula is C34H44F3N5O4. The molecule has 2 saturated heterocycles. The number of carbonyl (C=O) groups excluding carboxylic acids is 1. The third-order valence-corrected chi connectivity index (χ3v) is 9.48. The summed E-state index contributed by atoms with van der Waals surface area (Å²) in [7, 11) is 3.76. The fourth-order valence-corrected chi connectivity index (χ4v) is 6.79. The molecule has 5 rings (SSSR count). The zero-order chi connectivity index (χ0) is 33.3. The Morgan fingerprint density at radius 2 is 1.78 bits per heavy atom. The lowest BCUT2D eigenvalue weighted by Crippen LogP contribution is -2.48. The van der Waals surface area contributed by atoms with E-state index in [9.17, 15) is 18.4 Å². The van der Waals surface area contributed by atoms with Gasteiger partial charge in [0.15, 0.2) is 5.75 Å². The molecule has 1 N–H and O–H groups in total. The van der Waals surface area contributed by atoms with Crippen LogP contribution in [-0.4, -0.2) is 71.2 Å². The van der Waals surface area contributed by atoms with Crippen LogP contribution in [0.2, 0.25) is 0 Å². The molecule has 0 unspecified atom stereocenters. The van der Waals surface area contributed by atoms with Crippen LogP contribution in [-0.2, 0) is 22.2 Å². The fraction of sp³-hybridized carbons (Fsp3) is 0.559. The third-order valence-electron chi connectivity index (χ3n) is 9.48. The van der Waals surface area contributed by atoms with Gasteiger partial charge in [0.2, 0.25) is 5.91 Å². The number of carbonyl (C=O) groups is 1. The Labute approximate surface area is 267 Å². The first-order valence-electron chi connectivity index (χ1n) is 16.0. The summed E-state index contributed by atoms with van der Waals surface area (Å²) in [4.78, 5) is 35.2. The van der Waals surface area contributed by atoms with Gasteiger partial charge in [0.25, 0.3) is 12.0 Å². The number of alkyl halides is 2. The lowest BCUT2D eigenvalue weighted by atomic mass is 9.84. The molecule has 46 heavy (non-hydrogen) atoms.